The summed E-state index contributed by atoms with van der Waals surface area (Å²) in [4.78, 5) is 2.38. The molecule has 2 heterocycles. The minimum absolute atomic E-state index is 0.229. The first kappa shape index (κ1) is 20.0. The van der Waals surface area contributed by atoms with Crippen LogP contribution in [0.5, 0.6) is 5.75 Å². The minimum atomic E-state index is -1.12. The number of aliphatic hydroxyl groups is 1. The van der Waals surface area contributed by atoms with Crippen molar-refractivity contribution in [3.05, 3.63) is 53.6 Å². The Labute approximate surface area is 171 Å². The zero-order chi connectivity index (χ0) is 20.2. The summed E-state index contributed by atoms with van der Waals surface area (Å²) in [6.07, 6.45) is 3.73. The Morgan fingerprint density at radius 3 is 2.45 bits per heavy atom. The number of likely N-dealkylation sites (tertiary alicyclic amines) is 1. The summed E-state index contributed by atoms with van der Waals surface area (Å²) >= 11 is 0. The summed E-state index contributed by atoms with van der Waals surface area (Å²) < 4.78 is 11.8. The molecule has 1 unspecified atom stereocenters. The van der Waals surface area contributed by atoms with E-state index in [1.165, 1.54) is 25.7 Å². The van der Waals surface area contributed by atoms with Crippen molar-refractivity contribution in [2.75, 3.05) is 19.7 Å². The minimum Gasteiger partial charge on any atom is -0.508 e. The monoisotopic (exact) mass is 395 g/mol. The van der Waals surface area contributed by atoms with Crippen molar-refractivity contribution < 1.29 is 19.4 Å². The highest BCUT2D eigenvalue weighted by Crippen LogP contribution is 2.42. The third-order valence-electron chi connectivity index (χ3n) is 5.66. The van der Waals surface area contributed by atoms with Gasteiger partial charge in [0.2, 0.25) is 0 Å². The van der Waals surface area contributed by atoms with Gasteiger partial charge < -0.3 is 19.4 Å². The lowest BCUT2D eigenvalue weighted by atomic mass is 10.00. The van der Waals surface area contributed by atoms with Crippen molar-refractivity contribution >= 4 is 11.0 Å². The van der Waals surface area contributed by atoms with E-state index < -0.39 is 6.29 Å². The molecule has 5 nitrogen and oxygen atoms in total. The Morgan fingerprint density at radius 2 is 1.76 bits per heavy atom. The summed E-state index contributed by atoms with van der Waals surface area (Å²) in [6, 6.07) is 13.2. The molecule has 1 saturated heterocycles. The molecule has 3 aromatic rings. The predicted octanol–water partition coefficient (Wildman–Crippen LogP) is 5.21. The predicted molar refractivity (Wildman–Crippen MR) is 114 cm³/mol. The van der Waals surface area contributed by atoms with Gasteiger partial charge in [-0.3, -0.25) is 4.90 Å². The highest BCUT2D eigenvalue weighted by molar-refractivity contribution is 5.92. The van der Waals surface area contributed by atoms with Gasteiger partial charge in [0.1, 0.15) is 17.1 Å². The van der Waals surface area contributed by atoms with Crippen LogP contribution in [0.4, 0.5) is 0 Å². The SMILES string of the molecule is CCOC(O)c1c(-c2ccccc2)oc2ccc(O)c(CN3CCCCCC3)c12. The largest absolute Gasteiger partial charge is 0.508 e. The highest BCUT2D eigenvalue weighted by atomic mass is 16.6. The van der Waals surface area contributed by atoms with E-state index >= 15 is 0 Å². The van der Waals surface area contributed by atoms with E-state index in [2.05, 4.69) is 4.90 Å². The van der Waals surface area contributed by atoms with E-state index in [1.54, 1.807) is 12.1 Å². The molecule has 29 heavy (non-hydrogen) atoms. The van der Waals surface area contributed by atoms with Gasteiger partial charge in [0.25, 0.3) is 0 Å². The molecule has 154 valence electrons. The highest BCUT2D eigenvalue weighted by Gasteiger charge is 2.27. The lowest BCUT2D eigenvalue weighted by molar-refractivity contribution is -0.0969. The van der Waals surface area contributed by atoms with Crippen LogP contribution in [0.2, 0.25) is 0 Å². The third kappa shape index (κ3) is 4.17. The van der Waals surface area contributed by atoms with Gasteiger partial charge in [-0.25, -0.2) is 0 Å². The summed E-state index contributed by atoms with van der Waals surface area (Å²) in [5, 5.41) is 22.3. The normalized spacial score (nSPS) is 16.8. The molecule has 2 N–H and O–H groups in total. The molecule has 0 radical (unpaired) electrons. The zero-order valence-electron chi connectivity index (χ0n) is 16.9. The zero-order valence-corrected chi connectivity index (χ0v) is 16.9. The Balaban J connectivity index is 1.86. The molecule has 0 saturated carbocycles. The smallest absolute Gasteiger partial charge is 0.185 e. The van der Waals surface area contributed by atoms with Crippen molar-refractivity contribution in [1.82, 2.24) is 4.90 Å². The Morgan fingerprint density at radius 1 is 1.03 bits per heavy atom. The molecule has 0 spiro atoms. The van der Waals surface area contributed by atoms with E-state index in [4.69, 9.17) is 9.15 Å². The van der Waals surface area contributed by atoms with Crippen LogP contribution in [0.25, 0.3) is 22.3 Å². The van der Waals surface area contributed by atoms with E-state index in [1.807, 2.05) is 37.3 Å². The molecule has 0 amide bonds. The van der Waals surface area contributed by atoms with Crippen LogP contribution in [-0.4, -0.2) is 34.8 Å². The maximum atomic E-state index is 10.8. The van der Waals surface area contributed by atoms with E-state index in [-0.39, 0.29) is 5.75 Å². The first-order valence-corrected chi connectivity index (χ1v) is 10.5. The number of phenolic OH excluding ortho intramolecular Hbond substituents is 1. The number of hydrogen-bond donors (Lipinski definition) is 2. The average molecular weight is 395 g/mol. The van der Waals surface area contributed by atoms with Gasteiger partial charge in [-0.2, -0.15) is 0 Å². The van der Waals surface area contributed by atoms with Crippen molar-refractivity contribution in [2.45, 2.75) is 45.4 Å². The maximum Gasteiger partial charge on any atom is 0.185 e. The molecule has 4 rings (SSSR count). The Hall–Kier alpha value is -2.34. The number of fused-ring (bicyclic) bond motifs is 1. The van der Waals surface area contributed by atoms with Gasteiger partial charge in [0, 0.05) is 29.7 Å². The fourth-order valence-corrected chi connectivity index (χ4v) is 4.23. The maximum absolute atomic E-state index is 10.8. The van der Waals surface area contributed by atoms with Crippen LogP contribution >= 0.6 is 0 Å². The lowest BCUT2D eigenvalue weighted by Crippen LogP contribution is -2.24. The fraction of sp³-hybridized carbons (Fsp3) is 0.417. The quantitative estimate of drug-likeness (QED) is 0.561. The number of benzene rings is 2. The Bertz CT molecular complexity index is 942. The first-order chi connectivity index (χ1) is 14.2. The number of phenols is 1. The van der Waals surface area contributed by atoms with Gasteiger partial charge in [0.15, 0.2) is 6.29 Å². The standard InChI is InChI=1S/C24H29NO4/c1-2-28-24(27)22-21-18(16-25-14-8-3-4-9-15-25)19(26)12-13-20(21)29-23(22)17-10-6-5-7-11-17/h5-7,10-13,24,26-27H,2-4,8-9,14-16H2,1H3. The Kier molecular flexibility index (Phi) is 6.19. The number of aliphatic hydroxyl groups excluding tert-OH is 1. The topological polar surface area (TPSA) is 66.1 Å². The first-order valence-electron chi connectivity index (χ1n) is 10.5. The van der Waals surface area contributed by atoms with Crippen molar-refractivity contribution in [2.24, 2.45) is 0 Å². The van der Waals surface area contributed by atoms with Gasteiger partial charge in [-0.15, -0.1) is 0 Å². The molecule has 1 fully saturated rings. The molecule has 1 aromatic heterocycles. The third-order valence-corrected chi connectivity index (χ3v) is 5.66. The average Bonchev–Trinajstić information content (AvgIpc) is 2.93. The van der Waals surface area contributed by atoms with Crippen LogP contribution in [-0.2, 0) is 11.3 Å². The van der Waals surface area contributed by atoms with E-state index in [0.717, 1.165) is 29.6 Å². The second kappa shape index (κ2) is 8.99. The molecular weight excluding hydrogens is 366 g/mol. The summed E-state index contributed by atoms with van der Waals surface area (Å²) in [7, 11) is 0. The van der Waals surface area contributed by atoms with Crippen molar-refractivity contribution in [1.29, 1.82) is 0 Å². The number of furan rings is 1. The number of ether oxygens (including phenoxy) is 1. The summed E-state index contributed by atoms with van der Waals surface area (Å²) in [5.74, 6) is 0.816. The molecule has 1 atom stereocenters. The van der Waals surface area contributed by atoms with Gasteiger partial charge >= 0.3 is 0 Å². The molecule has 0 aliphatic carbocycles. The van der Waals surface area contributed by atoms with Gasteiger partial charge in [-0.05, 0) is 45.0 Å². The molecule has 2 aromatic carbocycles. The van der Waals surface area contributed by atoms with Crippen LogP contribution < -0.4 is 0 Å². The fourth-order valence-electron chi connectivity index (χ4n) is 4.23. The molecule has 1 aliphatic rings. The summed E-state index contributed by atoms with van der Waals surface area (Å²) in [5.41, 5.74) is 2.91. The lowest BCUT2D eigenvalue weighted by Gasteiger charge is -2.21. The van der Waals surface area contributed by atoms with E-state index in [0.29, 0.717) is 30.1 Å². The summed E-state index contributed by atoms with van der Waals surface area (Å²) in [6.45, 7) is 4.89. The second-order valence-electron chi connectivity index (χ2n) is 7.65. The van der Waals surface area contributed by atoms with Gasteiger partial charge in [-0.1, -0.05) is 43.2 Å². The number of hydrogen-bond acceptors (Lipinski definition) is 5. The molecule has 0 bridgehead atoms. The van der Waals surface area contributed by atoms with Gasteiger partial charge in [0.05, 0.1) is 5.56 Å². The number of nitrogens with zero attached hydrogens (tertiary/aromatic N) is 1. The van der Waals surface area contributed by atoms with Crippen LogP contribution in [0, 0.1) is 0 Å². The van der Waals surface area contributed by atoms with Crippen LogP contribution in [0.1, 0.15) is 50.0 Å². The molecule has 1 aliphatic heterocycles. The number of aromatic hydroxyl groups is 1. The van der Waals surface area contributed by atoms with Crippen molar-refractivity contribution in [3.63, 3.8) is 0 Å². The second-order valence-corrected chi connectivity index (χ2v) is 7.65. The molecular formula is C24H29NO4. The van der Waals surface area contributed by atoms with Crippen LogP contribution in [0.3, 0.4) is 0 Å². The number of rotatable bonds is 6. The van der Waals surface area contributed by atoms with Crippen molar-refractivity contribution in [3.8, 4) is 17.1 Å². The molecule has 5 heteroatoms. The van der Waals surface area contributed by atoms with Crippen LogP contribution in [0.15, 0.2) is 46.9 Å². The van der Waals surface area contributed by atoms with E-state index in [9.17, 15) is 10.2 Å².